The van der Waals surface area contributed by atoms with Crippen LogP contribution in [0.3, 0.4) is 0 Å². The van der Waals surface area contributed by atoms with Gasteiger partial charge in [0.1, 0.15) is 0 Å². The van der Waals surface area contributed by atoms with Crippen molar-refractivity contribution in [3.05, 3.63) is 28.5 Å². The highest BCUT2D eigenvalue weighted by molar-refractivity contribution is 9.10. The molecule has 0 saturated heterocycles. The van der Waals surface area contributed by atoms with Gasteiger partial charge in [-0.1, -0.05) is 13.8 Å². The van der Waals surface area contributed by atoms with Crippen molar-refractivity contribution >= 4 is 15.9 Å². The summed E-state index contributed by atoms with van der Waals surface area (Å²) in [6.07, 6.45) is 1.80. The Morgan fingerprint density at radius 3 is 2.80 bits per heavy atom. The molecule has 1 unspecified atom stereocenters. The van der Waals surface area contributed by atoms with Crippen LogP contribution in [-0.4, -0.2) is 17.6 Å². The molecule has 0 saturated carbocycles. The number of pyridine rings is 1. The molecule has 0 spiro atoms. The predicted molar refractivity (Wildman–Crippen MR) is 66.5 cm³/mol. The molecule has 15 heavy (non-hydrogen) atoms. The van der Waals surface area contributed by atoms with Crippen LogP contribution in [0.1, 0.15) is 19.5 Å². The fourth-order valence-corrected chi connectivity index (χ4v) is 1.76. The summed E-state index contributed by atoms with van der Waals surface area (Å²) in [4.78, 5) is 4.29. The second-order valence-electron chi connectivity index (χ2n) is 3.90. The van der Waals surface area contributed by atoms with Crippen molar-refractivity contribution in [2.75, 3.05) is 6.54 Å². The van der Waals surface area contributed by atoms with Crippen molar-refractivity contribution in [2.45, 2.75) is 26.4 Å². The minimum absolute atomic E-state index is 0.346. The van der Waals surface area contributed by atoms with E-state index in [1.165, 1.54) is 0 Å². The van der Waals surface area contributed by atoms with Gasteiger partial charge in [-0.05, 0) is 34.0 Å². The first-order valence-corrected chi connectivity index (χ1v) is 5.97. The van der Waals surface area contributed by atoms with Crippen molar-refractivity contribution in [1.82, 2.24) is 10.3 Å². The molecule has 1 heterocycles. The van der Waals surface area contributed by atoms with Crippen LogP contribution >= 0.6 is 15.9 Å². The lowest BCUT2D eigenvalue weighted by molar-refractivity contribution is 0.402. The Hall–Kier alpha value is -0.450. The monoisotopic (exact) mass is 271 g/mol. The predicted octanol–water partition coefficient (Wildman–Crippen LogP) is 1.92. The molecule has 0 fully saturated rings. The summed E-state index contributed by atoms with van der Waals surface area (Å²) in [6, 6.07) is 4.26. The number of hydrogen-bond donors (Lipinski definition) is 2. The molecular formula is C11H18BrN3. The van der Waals surface area contributed by atoms with Gasteiger partial charge in [-0.2, -0.15) is 0 Å². The van der Waals surface area contributed by atoms with E-state index in [4.69, 9.17) is 5.73 Å². The van der Waals surface area contributed by atoms with Gasteiger partial charge in [0, 0.05) is 29.8 Å². The maximum Gasteiger partial charge on any atom is 0.0683 e. The summed E-state index contributed by atoms with van der Waals surface area (Å²) in [6.45, 7) is 5.74. The van der Waals surface area contributed by atoms with Crippen LogP contribution in [0, 0.1) is 5.92 Å². The lowest BCUT2D eigenvalue weighted by atomic mass is 10.0. The van der Waals surface area contributed by atoms with Gasteiger partial charge in [0.05, 0.1) is 5.69 Å². The minimum atomic E-state index is 0.346. The summed E-state index contributed by atoms with van der Waals surface area (Å²) >= 11 is 3.47. The Morgan fingerprint density at radius 1 is 1.53 bits per heavy atom. The molecule has 1 aromatic rings. The number of rotatable bonds is 5. The van der Waals surface area contributed by atoms with Crippen LogP contribution in [0.25, 0.3) is 0 Å². The van der Waals surface area contributed by atoms with Crippen molar-refractivity contribution in [2.24, 2.45) is 11.7 Å². The second-order valence-corrected chi connectivity index (χ2v) is 4.75. The number of hydrogen-bond acceptors (Lipinski definition) is 3. The average Bonchev–Trinajstić information content (AvgIpc) is 2.21. The summed E-state index contributed by atoms with van der Waals surface area (Å²) in [5, 5.41) is 3.41. The molecule has 0 aromatic carbocycles. The lowest BCUT2D eigenvalue weighted by Crippen LogP contribution is -2.39. The van der Waals surface area contributed by atoms with Crippen LogP contribution in [-0.2, 0) is 6.54 Å². The van der Waals surface area contributed by atoms with E-state index in [0.29, 0.717) is 18.5 Å². The molecule has 0 aliphatic rings. The molecular weight excluding hydrogens is 254 g/mol. The summed E-state index contributed by atoms with van der Waals surface area (Å²) < 4.78 is 1.04. The number of aromatic nitrogens is 1. The summed E-state index contributed by atoms with van der Waals surface area (Å²) in [5.41, 5.74) is 6.71. The van der Waals surface area contributed by atoms with E-state index in [-0.39, 0.29) is 0 Å². The molecule has 1 aromatic heterocycles. The smallest absolute Gasteiger partial charge is 0.0683 e. The topological polar surface area (TPSA) is 50.9 Å². The van der Waals surface area contributed by atoms with Crippen LogP contribution in [0.5, 0.6) is 0 Å². The fourth-order valence-electron chi connectivity index (χ4n) is 1.37. The minimum Gasteiger partial charge on any atom is -0.329 e. The van der Waals surface area contributed by atoms with Crippen molar-refractivity contribution < 1.29 is 0 Å². The zero-order valence-corrected chi connectivity index (χ0v) is 10.8. The van der Waals surface area contributed by atoms with Gasteiger partial charge < -0.3 is 11.1 Å². The quantitative estimate of drug-likeness (QED) is 0.861. The van der Waals surface area contributed by atoms with Gasteiger partial charge in [-0.3, -0.25) is 4.98 Å². The van der Waals surface area contributed by atoms with E-state index < -0.39 is 0 Å². The molecule has 3 N–H and O–H groups in total. The first-order chi connectivity index (χ1) is 7.15. The molecule has 0 radical (unpaired) electrons. The molecule has 4 heteroatoms. The van der Waals surface area contributed by atoms with Crippen molar-refractivity contribution in [1.29, 1.82) is 0 Å². The highest BCUT2D eigenvalue weighted by Crippen LogP contribution is 2.13. The van der Waals surface area contributed by atoms with E-state index in [2.05, 4.69) is 40.1 Å². The summed E-state index contributed by atoms with van der Waals surface area (Å²) in [5.74, 6) is 0.539. The van der Waals surface area contributed by atoms with E-state index in [1.807, 2.05) is 12.1 Å². The molecule has 0 aliphatic heterocycles. The molecule has 0 aliphatic carbocycles. The Balaban J connectivity index is 2.53. The van der Waals surface area contributed by atoms with E-state index in [0.717, 1.165) is 16.7 Å². The van der Waals surface area contributed by atoms with Gasteiger partial charge in [-0.15, -0.1) is 0 Å². The van der Waals surface area contributed by atoms with E-state index >= 15 is 0 Å². The highest BCUT2D eigenvalue weighted by Gasteiger charge is 2.11. The fraction of sp³-hybridized carbons (Fsp3) is 0.545. The molecule has 84 valence electrons. The van der Waals surface area contributed by atoms with Gasteiger partial charge in [0.25, 0.3) is 0 Å². The van der Waals surface area contributed by atoms with E-state index in [9.17, 15) is 0 Å². The van der Waals surface area contributed by atoms with Gasteiger partial charge >= 0.3 is 0 Å². The van der Waals surface area contributed by atoms with Crippen molar-refractivity contribution in [3.63, 3.8) is 0 Å². The van der Waals surface area contributed by atoms with Crippen LogP contribution in [0.15, 0.2) is 22.8 Å². The standard InChI is InChI=1S/C11H18BrN3/c1-8(2)10(6-13)15-7-11-9(12)4-3-5-14-11/h3-5,8,10,15H,6-7,13H2,1-2H3. The van der Waals surface area contributed by atoms with Crippen LogP contribution in [0.4, 0.5) is 0 Å². The highest BCUT2D eigenvalue weighted by atomic mass is 79.9. The zero-order valence-electron chi connectivity index (χ0n) is 9.20. The second kappa shape index (κ2) is 6.20. The third-order valence-corrected chi connectivity index (χ3v) is 3.15. The van der Waals surface area contributed by atoms with Crippen LogP contribution < -0.4 is 11.1 Å². The van der Waals surface area contributed by atoms with Gasteiger partial charge in [0.15, 0.2) is 0 Å². The Labute approximate surface area is 99.6 Å². The van der Waals surface area contributed by atoms with E-state index in [1.54, 1.807) is 6.20 Å². The molecule has 1 rings (SSSR count). The Morgan fingerprint density at radius 2 is 2.27 bits per heavy atom. The first kappa shape index (κ1) is 12.6. The molecule has 1 atom stereocenters. The van der Waals surface area contributed by atoms with Crippen LogP contribution in [0.2, 0.25) is 0 Å². The Kier molecular flexibility index (Phi) is 5.22. The third kappa shape index (κ3) is 3.89. The number of nitrogens with zero attached hydrogens (tertiary/aromatic N) is 1. The normalized spacial score (nSPS) is 13.1. The van der Waals surface area contributed by atoms with Crippen molar-refractivity contribution in [3.8, 4) is 0 Å². The maximum atomic E-state index is 5.68. The lowest BCUT2D eigenvalue weighted by Gasteiger charge is -2.20. The summed E-state index contributed by atoms with van der Waals surface area (Å²) in [7, 11) is 0. The first-order valence-electron chi connectivity index (χ1n) is 5.18. The Bertz CT molecular complexity index is 302. The zero-order chi connectivity index (χ0) is 11.3. The number of halogens is 1. The largest absolute Gasteiger partial charge is 0.329 e. The molecule has 0 bridgehead atoms. The van der Waals surface area contributed by atoms with Gasteiger partial charge in [-0.25, -0.2) is 0 Å². The van der Waals surface area contributed by atoms with Gasteiger partial charge in [0.2, 0.25) is 0 Å². The SMILES string of the molecule is CC(C)C(CN)NCc1ncccc1Br. The molecule has 0 amide bonds. The third-order valence-electron chi connectivity index (χ3n) is 2.43. The number of nitrogens with two attached hydrogens (primary N) is 1. The maximum absolute atomic E-state index is 5.68. The number of nitrogens with one attached hydrogen (secondary N) is 1. The average molecular weight is 272 g/mol. The molecule has 3 nitrogen and oxygen atoms in total.